The van der Waals surface area contributed by atoms with E-state index >= 15 is 0 Å². The van der Waals surface area contributed by atoms with Crippen molar-refractivity contribution >= 4 is 12.2 Å². The Morgan fingerprint density at radius 2 is 1.73 bits per heavy atom. The van der Waals surface area contributed by atoms with Gasteiger partial charge in [-0.05, 0) is 23.8 Å². The molecule has 0 saturated heterocycles. The molecule has 0 aliphatic carbocycles. The molecule has 0 bridgehead atoms. The van der Waals surface area contributed by atoms with Crippen LogP contribution in [0, 0.1) is 0 Å². The fourth-order valence-corrected chi connectivity index (χ4v) is 1.24. The second-order valence-corrected chi connectivity index (χ2v) is 3.19. The summed E-state index contributed by atoms with van der Waals surface area (Å²) in [6, 6.07) is 13.4. The molecule has 0 amide bonds. The first-order valence-electron chi connectivity index (χ1n) is 4.73. The molecule has 0 saturated carbocycles. The summed E-state index contributed by atoms with van der Waals surface area (Å²) >= 11 is 0. The van der Waals surface area contributed by atoms with Gasteiger partial charge in [-0.1, -0.05) is 36.4 Å². The minimum atomic E-state index is 0.187. The molecule has 2 aromatic rings. The summed E-state index contributed by atoms with van der Waals surface area (Å²) in [7, 11) is 0. The van der Waals surface area contributed by atoms with Crippen LogP contribution in [-0.2, 0) is 0 Å². The largest absolute Gasteiger partial charge is 0.506 e. The predicted molar refractivity (Wildman–Crippen MR) is 61.3 cm³/mol. The zero-order chi connectivity index (χ0) is 10.5. The zero-order valence-electron chi connectivity index (χ0n) is 8.17. The van der Waals surface area contributed by atoms with Crippen LogP contribution in [0.5, 0.6) is 5.75 Å². The Hall–Kier alpha value is -2.09. The van der Waals surface area contributed by atoms with Gasteiger partial charge in [-0.25, -0.2) is 0 Å². The molecule has 0 aliphatic rings. The summed E-state index contributed by atoms with van der Waals surface area (Å²) in [4.78, 5) is 4.06. The Kier molecular flexibility index (Phi) is 2.79. The van der Waals surface area contributed by atoms with Gasteiger partial charge in [0.2, 0.25) is 0 Å². The standard InChI is InChI=1S/C13H11NO/c15-13-9-8-12(14-10-13)7-6-11-4-2-1-3-5-11/h1-10,15H. The highest BCUT2D eigenvalue weighted by molar-refractivity contribution is 5.67. The van der Waals surface area contributed by atoms with Gasteiger partial charge in [0.1, 0.15) is 5.75 Å². The van der Waals surface area contributed by atoms with E-state index in [0.717, 1.165) is 11.3 Å². The van der Waals surface area contributed by atoms with Crippen molar-refractivity contribution in [3.8, 4) is 5.75 Å². The molecule has 0 fully saturated rings. The third kappa shape index (κ3) is 2.68. The van der Waals surface area contributed by atoms with Crippen molar-refractivity contribution in [1.29, 1.82) is 0 Å². The first kappa shape index (κ1) is 9.46. The molecule has 2 rings (SSSR count). The van der Waals surface area contributed by atoms with Gasteiger partial charge in [0.25, 0.3) is 0 Å². The normalized spacial score (nSPS) is 10.7. The highest BCUT2D eigenvalue weighted by Crippen LogP contribution is 2.09. The van der Waals surface area contributed by atoms with Crippen molar-refractivity contribution in [2.75, 3.05) is 0 Å². The van der Waals surface area contributed by atoms with Gasteiger partial charge in [0, 0.05) is 0 Å². The van der Waals surface area contributed by atoms with E-state index in [1.807, 2.05) is 42.5 Å². The maximum Gasteiger partial charge on any atom is 0.133 e. The number of aromatic hydroxyl groups is 1. The van der Waals surface area contributed by atoms with Crippen LogP contribution in [0.2, 0.25) is 0 Å². The molecule has 0 unspecified atom stereocenters. The Bertz CT molecular complexity index is 446. The molecule has 0 spiro atoms. The lowest BCUT2D eigenvalue weighted by atomic mass is 10.2. The van der Waals surface area contributed by atoms with E-state index in [1.165, 1.54) is 6.20 Å². The summed E-state index contributed by atoms with van der Waals surface area (Å²) in [5.74, 6) is 0.187. The Morgan fingerprint density at radius 3 is 2.40 bits per heavy atom. The van der Waals surface area contributed by atoms with E-state index in [9.17, 15) is 0 Å². The Morgan fingerprint density at radius 1 is 0.933 bits per heavy atom. The molecule has 1 N–H and O–H groups in total. The summed E-state index contributed by atoms with van der Waals surface area (Å²) in [5.41, 5.74) is 1.96. The molecule has 15 heavy (non-hydrogen) atoms. The van der Waals surface area contributed by atoms with E-state index in [4.69, 9.17) is 5.11 Å². The smallest absolute Gasteiger partial charge is 0.133 e. The number of aromatic nitrogens is 1. The minimum absolute atomic E-state index is 0.187. The minimum Gasteiger partial charge on any atom is -0.506 e. The van der Waals surface area contributed by atoms with E-state index in [2.05, 4.69) is 4.98 Å². The maximum atomic E-state index is 9.06. The van der Waals surface area contributed by atoms with Crippen molar-refractivity contribution in [3.05, 3.63) is 59.9 Å². The number of hydrogen-bond acceptors (Lipinski definition) is 2. The van der Waals surface area contributed by atoms with Gasteiger partial charge in [-0.3, -0.25) is 4.98 Å². The number of nitrogens with zero attached hydrogens (tertiary/aromatic N) is 1. The van der Waals surface area contributed by atoms with Gasteiger partial charge < -0.3 is 5.11 Å². The topological polar surface area (TPSA) is 33.1 Å². The highest BCUT2D eigenvalue weighted by atomic mass is 16.3. The molecule has 2 heteroatoms. The fraction of sp³-hybridized carbons (Fsp3) is 0. The quantitative estimate of drug-likeness (QED) is 0.802. The number of hydrogen-bond donors (Lipinski definition) is 1. The van der Waals surface area contributed by atoms with E-state index in [-0.39, 0.29) is 5.75 Å². The number of benzene rings is 1. The number of pyridine rings is 1. The maximum absolute atomic E-state index is 9.06. The lowest BCUT2D eigenvalue weighted by Gasteiger charge is -1.94. The van der Waals surface area contributed by atoms with Gasteiger partial charge in [-0.15, -0.1) is 0 Å². The summed E-state index contributed by atoms with van der Waals surface area (Å²) < 4.78 is 0. The van der Waals surface area contributed by atoms with E-state index in [0.29, 0.717) is 0 Å². The molecule has 1 heterocycles. The lowest BCUT2D eigenvalue weighted by molar-refractivity contribution is 0.472. The first-order valence-corrected chi connectivity index (χ1v) is 4.73. The van der Waals surface area contributed by atoms with Crippen LogP contribution in [-0.4, -0.2) is 10.1 Å². The molecular weight excluding hydrogens is 186 g/mol. The van der Waals surface area contributed by atoms with Crippen molar-refractivity contribution in [2.45, 2.75) is 0 Å². The predicted octanol–water partition coefficient (Wildman–Crippen LogP) is 2.96. The Balaban J connectivity index is 2.15. The van der Waals surface area contributed by atoms with Crippen LogP contribution in [0.15, 0.2) is 48.7 Å². The van der Waals surface area contributed by atoms with Crippen molar-refractivity contribution in [1.82, 2.24) is 4.98 Å². The molecule has 0 radical (unpaired) electrons. The van der Waals surface area contributed by atoms with Gasteiger partial charge in [0.05, 0.1) is 11.9 Å². The van der Waals surface area contributed by atoms with Gasteiger partial charge in [0.15, 0.2) is 0 Å². The molecule has 0 atom stereocenters. The van der Waals surface area contributed by atoms with Gasteiger partial charge >= 0.3 is 0 Å². The monoisotopic (exact) mass is 197 g/mol. The van der Waals surface area contributed by atoms with Crippen LogP contribution >= 0.6 is 0 Å². The van der Waals surface area contributed by atoms with Crippen LogP contribution < -0.4 is 0 Å². The highest BCUT2D eigenvalue weighted by Gasteiger charge is 1.89. The average Bonchev–Trinajstić information content (AvgIpc) is 2.30. The molecule has 1 aromatic carbocycles. The third-order valence-corrected chi connectivity index (χ3v) is 2.02. The molecule has 0 aliphatic heterocycles. The molecule has 1 aromatic heterocycles. The summed E-state index contributed by atoms with van der Waals surface area (Å²) in [5, 5.41) is 9.06. The average molecular weight is 197 g/mol. The SMILES string of the molecule is Oc1ccc(C=Cc2ccccc2)nc1. The van der Waals surface area contributed by atoms with Crippen LogP contribution in [0.1, 0.15) is 11.3 Å². The lowest BCUT2D eigenvalue weighted by Crippen LogP contribution is -1.77. The third-order valence-electron chi connectivity index (χ3n) is 2.02. The summed E-state index contributed by atoms with van der Waals surface area (Å²) in [6.45, 7) is 0. The van der Waals surface area contributed by atoms with Gasteiger partial charge in [-0.2, -0.15) is 0 Å². The van der Waals surface area contributed by atoms with E-state index in [1.54, 1.807) is 12.1 Å². The second-order valence-electron chi connectivity index (χ2n) is 3.19. The van der Waals surface area contributed by atoms with E-state index < -0.39 is 0 Å². The summed E-state index contributed by atoms with van der Waals surface area (Å²) in [6.07, 6.45) is 5.33. The van der Waals surface area contributed by atoms with Crippen LogP contribution in [0.3, 0.4) is 0 Å². The fourth-order valence-electron chi connectivity index (χ4n) is 1.24. The zero-order valence-corrected chi connectivity index (χ0v) is 8.17. The first-order chi connectivity index (χ1) is 7.34. The van der Waals surface area contributed by atoms with Crippen molar-refractivity contribution in [2.24, 2.45) is 0 Å². The molecule has 74 valence electrons. The molecule has 2 nitrogen and oxygen atoms in total. The van der Waals surface area contributed by atoms with Crippen molar-refractivity contribution < 1.29 is 5.11 Å². The number of rotatable bonds is 2. The van der Waals surface area contributed by atoms with Crippen LogP contribution in [0.25, 0.3) is 12.2 Å². The molecular formula is C13H11NO. The Labute approximate surface area is 88.5 Å². The van der Waals surface area contributed by atoms with Crippen LogP contribution in [0.4, 0.5) is 0 Å². The second kappa shape index (κ2) is 4.42. The van der Waals surface area contributed by atoms with Crippen molar-refractivity contribution in [3.63, 3.8) is 0 Å².